The molecule has 1 aliphatic rings. The van der Waals surface area contributed by atoms with Crippen LogP contribution in [-0.2, 0) is 0 Å². The van der Waals surface area contributed by atoms with Crippen LogP contribution in [0.5, 0.6) is 0 Å². The molecule has 0 bridgehead atoms. The van der Waals surface area contributed by atoms with Crippen LogP contribution in [0, 0.1) is 5.82 Å². The monoisotopic (exact) mass is 194 g/mol. The maximum absolute atomic E-state index is 12.9. The highest BCUT2D eigenvalue weighted by Gasteiger charge is 2.20. The van der Waals surface area contributed by atoms with Crippen LogP contribution in [0.3, 0.4) is 0 Å². The lowest BCUT2D eigenvalue weighted by atomic mass is 9.83. The first-order valence-electron chi connectivity index (χ1n) is 5.12. The van der Waals surface area contributed by atoms with Crippen molar-refractivity contribution in [1.82, 2.24) is 4.98 Å². The van der Waals surface area contributed by atoms with Crippen LogP contribution in [0.2, 0.25) is 0 Å². The number of hydrogen-bond acceptors (Lipinski definition) is 2. The van der Waals surface area contributed by atoms with Crippen LogP contribution in [0.1, 0.15) is 37.2 Å². The quantitative estimate of drug-likeness (QED) is 0.744. The second-order valence-electron chi connectivity index (χ2n) is 4.05. The Morgan fingerprint density at radius 3 is 2.57 bits per heavy atom. The minimum Gasteiger partial charge on any atom is -0.328 e. The predicted octanol–water partition coefficient (Wildman–Crippen LogP) is 2.21. The topological polar surface area (TPSA) is 38.9 Å². The lowest BCUT2D eigenvalue weighted by molar-refractivity contribution is 0.394. The summed E-state index contributed by atoms with van der Waals surface area (Å²) in [6.45, 7) is 0. The van der Waals surface area contributed by atoms with Crippen LogP contribution in [-0.4, -0.2) is 11.0 Å². The molecule has 0 atom stereocenters. The van der Waals surface area contributed by atoms with Crippen LogP contribution >= 0.6 is 0 Å². The van der Waals surface area contributed by atoms with E-state index < -0.39 is 0 Å². The largest absolute Gasteiger partial charge is 0.328 e. The van der Waals surface area contributed by atoms with Crippen molar-refractivity contribution in [3.63, 3.8) is 0 Å². The molecule has 2 N–H and O–H groups in total. The van der Waals surface area contributed by atoms with Crippen LogP contribution in [0.25, 0.3) is 0 Å². The third kappa shape index (κ3) is 2.10. The van der Waals surface area contributed by atoms with Gasteiger partial charge in [-0.05, 0) is 43.2 Å². The zero-order valence-electron chi connectivity index (χ0n) is 8.12. The van der Waals surface area contributed by atoms with E-state index in [1.54, 1.807) is 12.3 Å². The Bertz CT molecular complexity index is 306. The molecule has 1 aromatic rings. The number of nitrogens with two attached hydrogens (primary N) is 1. The molecule has 14 heavy (non-hydrogen) atoms. The van der Waals surface area contributed by atoms with Gasteiger partial charge in [0.05, 0.1) is 6.20 Å². The second kappa shape index (κ2) is 4.05. The summed E-state index contributed by atoms with van der Waals surface area (Å²) in [6.07, 6.45) is 7.23. The Morgan fingerprint density at radius 2 is 1.93 bits per heavy atom. The Kier molecular flexibility index (Phi) is 2.77. The maximum atomic E-state index is 12.9. The molecule has 0 aliphatic heterocycles. The molecule has 1 heterocycles. The fraction of sp³-hybridized carbons (Fsp3) is 0.545. The van der Waals surface area contributed by atoms with Crippen molar-refractivity contribution in [1.29, 1.82) is 0 Å². The van der Waals surface area contributed by atoms with E-state index in [9.17, 15) is 4.39 Å². The van der Waals surface area contributed by atoms with E-state index in [2.05, 4.69) is 4.98 Å². The Morgan fingerprint density at radius 1 is 1.21 bits per heavy atom. The molecular weight excluding hydrogens is 179 g/mol. The van der Waals surface area contributed by atoms with Gasteiger partial charge in [-0.25, -0.2) is 4.39 Å². The Balaban J connectivity index is 2.08. The van der Waals surface area contributed by atoms with Gasteiger partial charge in [-0.2, -0.15) is 0 Å². The minimum atomic E-state index is -0.239. The van der Waals surface area contributed by atoms with Gasteiger partial charge in [0, 0.05) is 12.2 Å². The molecule has 76 valence electrons. The number of pyridine rings is 1. The summed E-state index contributed by atoms with van der Waals surface area (Å²) in [5.74, 6) is 0.218. The third-order valence-electron chi connectivity index (χ3n) is 2.97. The highest BCUT2D eigenvalue weighted by molar-refractivity contribution is 5.16. The highest BCUT2D eigenvalue weighted by Crippen LogP contribution is 2.31. The van der Waals surface area contributed by atoms with E-state index in [0.717, 1.165) is 31.2 Å². The SMILES string of the molecule is NC1CCC(c2cncc(F)c2)CC1. The number of hydrogen-bond donors (Lipinski definition) is 1. The molecule has 0 aromatic carbocycles. The lowest BCUT2D eigenvalue weighted by Crippen LogP contribution is -2.25. The lowest BCUT2D eigenvalue weighted by Gasteiger charge is -2.25. The van der Waals surface area contributed by atoms with Crippen molar-refractivity contribution in [3.8, 4) is 0 Å². The van der Waals surface area contributed by atoms with Gasteiger partial charge in [0.15, 0.2) is 0 Å². The standard InChI is InChI=1S/C11H15FN2/c12-10-5-9(6-14-7-10)8-1-3-11(13)4-2-8/h5-8,11H,1-4,13H2. The summed E-state index contributed by atoms with van der Waals surface area (Å²) >= 11 is 0. The van der Waals surface area contributed by atoms with Crippen molar-refractivity contribution < 1.29 is 4.39 Å². The molecule has 2 rings (SSSR count). The number of halogens is 1. The van der Waals surface area contributed by atoms with E-state index in [-0.39, 0.29) is 5.82 Å². The Hall–Kier alpha value is -0.960. The Labute approximate surface area is 83.3 Å². The molecule has 0 saturated heterocycles. The first-order chi connectivity index (χ1) is 6.75. The summed E-state index contributed by atoms with van der Waals surface area (Å²) < 4.78 is 12.9. The molecule has 2 nitrogen and oxygen atoms in total. The fourth-order valence-electron chi connectivity index (χ4n) is 2.10. The van der Waals surface area contributed by atoms with Gasteiger partial charge in [0.25, 0.3) is 0 Å². The van der Waals surface area contributed by atoms with Gasteiger partial charge in [-0.3, -0.25) is 4.98 Å². The third-order valence-corrected chi connectivity index (χ3v) is 2.97. The van der Waals surface area contributed by atoms with Crippen LogP contribution < -0.4 is 5.73 Å². The molecule has 0 radical (unpaired) electrons. The number of rotatable bonds is 1. The minimum absolute atomic E-state index is 0.239. The average molecular weight is 194 g/mol. The molecule has 0 spiro atoms. The molecule has 0 amide bonds. The summed E-state index contributed by atoms with van der Waals surface area (Å²) in [4.78, 5) is 3.87. The molecule has 3 heteroatoms. The molecule has 0 unspecified atom stereocenters. The zero-order chi connectivity index (χ0) is 9.97. The summed E-state index contributed by atoms with van der Waals surface area (Å²) in [7, 11) is 0. The van der Waals surface area contributed by atoms with Crippen LogP contribution in [0.4, 0.5) is 4.39 Å². The van der Waals surface area contributed by atoms with Crippen molar-refractivity contribution >= 4 is 0 Å². The first kappa shape index (κ1) is 9.59. The van der Waals surface area contributed by atoms with E-state index in [4.69, 9.17) is 5.73 Å². The predicted molar refractivity (Wildman–Crippen MR) is 53.4 cm³/mol. The van der Waals surface area contributed by atoms with Gasteiger partial charge in [-0.15, -0.1) is 0 Å². The first-order valence-corrected chi connectivity index (χ1v) is 5.12. The molecule has 1 aromatic heterocycles. The van der Waals surface area contributed by atoms with Gasteiger partial charge in [0.1, 0.15) is 5.82 Å². The smallest absolute Gasteiger partial charge is 0.141 e. The van der Waals surface area contributed by atoms with Crippen molar-refractivity contribution in [2.45, 2.75) is 37.6 Å². The van der Waals surface area contributed by atoms with Crippen molar-refractivity contribution in [3.05, 3.63) is 29.8 Å². The average Bonchev–Trinajstić information content (AvgIpc) is 2.19. The molecule has 1 aliphatic carbocycles. The second-order valence-corrected chi connectivity index (χ2v) is 4.05. The van der Waals surface area contributed by atoms with E-state index >= 15 is 0 Å². The van der Waals surface area contributed by atoms with E-state index in [0.29, 0.717) is 12.0 Å². The molecule has 1 fully saturated rings. The van der Waals surface area contributed by atoms with Crippen molar-refractivity contribution in [2.24, 2.45) is 5.73 Å². The van der Waals surface area contributed by atoms with Crippen molar-refractivity contribution in [2.75, 3.05) is 0 Å². The molecule has 1 saturated carbocycles. The van der Waals surface area contributed by atoms with E-state index in [1.165, 1.54) is 6.20 Å². The van der Waals surface area contributed by atoms with E-state index in [1.807, 2.05) is 0 Å². The summed E-state index contributed by atoms with van der Waals surface area (Å²) in [5.41, 5.74) is 6.84. The zero-order valence-corrected chi connectivity index (χ0v) is 8.12. The fourth-order valence-corrected chi connectivity index (χ4v) is 2.10. The highest BCUT2D eigenvalue weighted by atomic mass is 19.1. The molecular formula is C11H15FN2. The van der Waals surface area contributed by atoms with Gasteiger partial charge in [0.2, 0.25) is 0 Å². The summed E-state index contributed by atoms with van der Waals surface area (Å²) in [6, 6.07) is 1.93. The normalized spacial score (nSPS) is 27.6. The summed E-state index contributed by atoms with van der Waals surface area (Å²) in [5, 5.41) is 0. The number of nitrogens with zero attached hydrogens (tertiary/aromatic N) is 1. The number of aromatic nitrogens is 1. The maximum Gasteiger partial charge on any atom is 0.141 e. The van der Waals surface area contributed by atoms with Gasteiger partial charge >= 0.3 is 0 Å². The van der Waals surface area contributed by atoms with Gasteiger partial charge < -0.3 is 5.73 Å². The van der Waals surface area contributed by atoms with Crippen LogP contribution in [0.15, 0.2) is 18.5 Å². The van der Waals surface area contributed by atoms with Gasteiger partial charge in [-0.1, -0.05) is 0 Å².